The van der Waals surface area contributed by atoms with Gasteiger partial charge in [0, 0.05) is 21.5 Å². The Hall–Kier alpha value is -4.86. The molecular weight excluding hydrogens is 707 g/mol. The second-order valence-electron chi connectivity index (χ2n) is 19.9. The molecule has 4 heteroatoms. The zero-order valence-electron chi connectivity index (χ0n) is 35.0. The molecule has 0 N–H and O–H groups in total. The molecule has 0 aliphatic carbocycles. The second kappa shape index (κ2) is 12.8. The molecule has 0 radical (unpaired) electrons. The molecule has 2 heterocycles. The predicted octanol–water partition coefficient (Wildman–Crippen LogP) is 15.5. The molecule has 0 bridgehead atoms. The van der Waals surface area contributed by atoms with Crippen LogP contribution in [0.5, 0.6) is 0 Å². The van der Waals surface area contributed by atoms with Crippen LogP contribution in [0.15, 0.2) is 109 Å². The Morgan fingerprint density at radius 1 is 0.393 bits per heavy atom. The first-order chi connectivity index (χ1) is 26.1. The first-order valence-electron chi connectivity index (χ1n) is 19.9. The summed E-state index contributed by atoms with van der Waals surface area (Å²) in [7, 11) is 0. The molecule has 6 aromatic carbocycles. The van der Waals surface area contributed by atoms with Crippen molar-refractivity contribution in [2.45, 2.75) is 105 Å². The fourth-order valence-electron chi connectivity index (χ4n) is 8.19. The van der Waals surface area contributed by atoms with E-state index in [9.17, 15) is 0 Å². The van der Waals surface area contributed by atoms with Crippen LogP contribution in [0.3, 0.4) is 0 Å². The van der Waals surface area contributed by atoms with Crippen LogP contribution in [0.25, 0.3) is 66.1 Å². The lowest BCUT2D eigenvalue weighted by atomic mass is 9.85. The van der Waals surface area contributed by atoms with Crippen LogP contribution >= 0.6 is 11.6 Å². The molecule has 0 saturated heterocycles. The molecule has 56 heavy (non-hydrogen) atoms. The fourth-order valence-corrected chi connectivity index (χ4v) is 8.46. The molecule has 0 aliphatic rings. The monoisotopic (exact) mass is 760 g/mol. The molecule has 286 valence electrons. The zero-order chi connectivity index (χ0) is 40.3. The molecule has 2 nitrogen and oxygen atoms in total. The van der Waals surface area contributed by atoms with E-state index >= 15 is 4.39 Å². The maximum absolute atomic E-state index is 15.0. The normalized spacial score (nSPS) is 13.2. The van der Waals surface area contributed by atoms with Crippen LogP contribution in [0.1, 0.15) is 105 Å². The van der Waals surface area contributed by atoms with Gasteiger partial charge in [0.05, 0.1) is 38.5 Å². The van der Waals surface area contributed by atoms with E-state index in [-0.39, 0.29) is 27.5 Å². The molecule has 8 aromatic rings. The van der Waals surface area contributed by atoms with Gasteiger partial charge >= 0.3 is 0 Å². The Morgan fingerprint density at radius 3 is 1.00 bits per heavy atom. The van der Waals surface area contributed by atoms with Gasteiger partial charge in [0.15, 0.2) is 0 Å². The van der Waals surface area contributed by atoms with Gasteiger partial charge in [-0.15, -0.1) is 0 Å². The highest BCUT2D eigenvalue weighted by molar-refractivity contribution is 6.35. The third-order valence-corrected chi connectivity index (χ3v) is 12.1. The van der Waals surface area contributed by atoms with Crippen molar-refractivity contribution >= 4 is 55.2 Å². The molecule has 0 unspecified atom stereocenters. The molecule has 0 atom stereocenters. The van der Waals surface area contributed by atoms with E-state index in [1.165, 1.54) is 49.9 Å². The number of fused-ring (bicyclic) bond motifs is 6. The van der Waals surface area contributed by atoms with Gasteiger partial charge in [-0.2, -0.15) is 0 Å². The third kappa shape index (κ3) is 6.42. The number of benzene rings is 6. The summed E-state index contributed by atoms with van der Waals surface area (Å²) in [5.74, 6) is -0.275. The van der Waals surface area contributed by atoms with Gasteiger partial charge in [0.25, 0.3) is 0 Å². The summed E-state index contributed by atoms with van der Waals surface area (Å²) in [6.45, 7) is 27.2. The molecule has 0 saturated carbocycles. The predicted molar refractivity (Wildman–Crippen MR) is 240 cm³/mol. The van der Waals surface area contributed by atoms with Crippen molar-refractivity contribution in [3.05, 3.63) is 142 Å². The van der Waals surface area contributed by atoms with E-state index in [2.05, 4.69) is 177 Å². The Morgan fingerprint density at radius 2 is 0.714 bits per heavy atom. The van der Waals surface area contributed by atoms with Crippen LogP contribution in [0.2, 0.25) is 5.02 Å². The maximum atomic E-state index is 15.0. The maximum Gasteiger partial charge on any atom is 0.123 e. The molecular formula is C52H54ClFN2. The second-order valence-corrected chi connectivity index (χ2v) is 20.3. The number of hydrogen-bond acceptors (Lipinski definition) is 0. The van der Waals surface area contributed by atoms with E-state index in [4.69, 9.17) is 11.6 Å². The van der Waals surface area contributed by atoms with Gasteiger partial charge < -0.3 is 9.13 Å². The van der Waals surface area contributed by atoms with E-state index in [0.29, 0.717) is 5.02 Å². The van der Waals surface area contributed by atoms with Gasteiger partial charge in [-0.05, 0) is 128 Å². The zero-order valence-corrected chi connectivity index (χ0v) is 35.8. The minimum atomic E-state index is -0.275. The molecule has 0 aliphatic heterocycles. The summed E-state index contributed by atoms with van der Waals surface area (Å²) in [5, 5.41) is 5.38. The molecule has 0 spiro atoms. The molecule has 0 fully saturated rings. The molecule has 2 aromatic heterocycles. The highest BCUT2D eigenvalue weighted by atomic mass is 35.5. The fraction of sp³-hybridized carbons (Fsp3) is 0.308. The van der Waals surface area contributed by atoms with Crippen molar-refractivity contribution in [3.8, 4) is 22.5 Å². The highest BCUT2D eigenvalue weighted by Gasteiger charge is 2.26. The standard InChI is InChI=1S/C52H54ClFN2/c1-49(2,3)33-16-20-42-38(27-33)39-28-34(50(4,5)6)17-21-43(39)55(42)46-25-32(31-14-13-15-37(54)24-31)26-47(48(46)53)56-44-22-18-35(51(7,8)9)29-40(44)41-30-36(52(10,11)12)19-23-45(41)56/h13-30H,1-12H3. The summed E-state index contributed by atoms with van der Waals surface area (Å²) in [5.41, 5.74) is 12.7. The third-order valence-electron chi connectivity index (χ3n) is 11.7. The van der Waals surface area contributed by atoms with Crippen LogP contribution in [0.4, 0.5) is 4.39 Å². The van der Waals surface area contributed by atoms with Crippen molar-refractivity contribution in [1.29, 1.82) is 0 Å². The number of hydrogen-bond donors (Lipinski definition) is 0. The molecule has 8 rings (SSSR count). The topological polar surface area (TPSA) is 9.86 Å². The van der Waals surface area contributed by atoms with Crippen molar-refractivity contribution in [2.75, 3.05) is 0 Å². The number of halogens is 2. The van der Waals surface area contributed by atoms with Crippen LogP contribution in [-0.2, 0) is 21.7 Å². The first kappa shape index (κ1) is 38.0. The van der Waals surface area contributed by atoms with E-state index in [1.807, 2.05) is 6.07 Å². The Bertz CT molecular complexity index is 2540. The first-order valence-corrected chi connectivity index (χ1v) is 20.3. The summed E-state index contributed by atoms with van der Waals surface area (Å²) < 4.78 is 19.7. The Balaban J connectivity index is 1.52. The number of aromatic nitrogens is 2. The van der Waals surface area contributed by atoms with Crippen LogP contribution in [-0.4, -0.2) is 9.13 Å². The van der Waals surface area contributed by atoms with Gasteiger partial charge in [-0.3, -0.25) is 0 Å². The highest BCUT2D eigenvalue weighted by Crippen LogP contribution is 2.45. The smallest absolute Gasteiger partial charge is 0.123 e. The van der Waals surface area contributed by atoms with Gasteiger partial charge in [-0.1, -0.05) is 131 Å². The summed E-state index contributed by atoms with van der Waals surface area (Å²) >= 11 is 7.88. The average Bonchev–Trinajstić information content (AvgIpc) is 3.61. The van der Waals surface area contributed by atoms with Gasteiger partial charge in [-0.25, -0.2) is 4.39 Å². The van der Waals surface area contributed by atoms with E-state index < -0.39 is 0 Å². The largest absolute Gasteiger partial charge is 0.308 e. The van der Waals surface area contributed by atoms with Crippen LogP contribution < -0.4 is 0 Å². The van der Waals surface area contributed by atoms with E-state index in [0.717, 1.165) is 44.6 Å². The number of rotatable bonds is 3. The Labute approximate surface area is 336 Å². The lowest BCUT2D eigenvalue weighted by Gasteiger charge is -2.21. The summed E-state index contributed by atoms with van der Waals surface area (Å²) in [4.78, 5) is 0. The minimum absolute atomic E-state index is 0.0252. The summed E-state index contributed by atoms with van der Waals surface area (Å²) in [6.07, 6.45) is 0. The molecule has 0 amide bonds. The van der Waals surface area contributed by atoms with Crippen molar-refractivity contribution in [3.63, 3.8) is 0 Å². The lowest BCUT2D eigenvalue weighted by Crippen LogP contribution is -2.10. The van der Waals surface area contributed by atoms with Crippen LogP contribution in [0, 0.1) is 5.82 Å². The quantitative estimate of drug-likeness (QED) is 0.170. The lowest BCUT2D eigenvalue weighted by molar-refractivity contribution is 0.590. The van der Waals surface area contributed by atoms with Gasteiger partial charge in [0.2, 0.25) is 0 Å². The number of nitrogens with zero attached hydrogens (tertiary/aromatic N) is 2. The van der Waals surface area contributed by atoms with Crippen molar-refractivity contribution in [2.24, 2.45) is 0 Å². The van der Waals surface area contributed by atoms with E-state index in [1.54, 1.807) is 12.1 Å². The van der Waals surface area contributed by atoms with Gasteiger partial charge in [0.1, 0.15) is 5.82 Å². The van der Waals surface area contributed by atoms with Crippen molar-refractivity contribution in [1.82, 2.24) is 9.13 Å². The average molecular weight is 761 g/mol. The van der Waals surface area contributed by atoms with Crippen molar-refractivity contribution < 1.29 is 4.39 Å². The summed E-state index contributed by atoms with van der Waals surface area (Å²) in [6, 6.07) is 38.6. The SMILES string of the molecule is CC(C)(C)c1ccc2c(c1)c1cc(C(C)(C)C)ccc1n2-c1cc(-c2cccc(F)c2)cc(-n2c3ccc(C(C)(C)C)cc3c3cc(C(C)(C)C)ccc32)c1Cl. The Kier molecular flexibility index (Phi) is 8.71. The minimum Gasteiger partial charge on any atom is -0.308 e.